The van der Waals surface area contributed by atoms with Crippen LogP contribution in [0, 0.1) is 6.92 Å². The molecule has 7 heteroatoms. The van der Waals surface area contributed by atoms with Crippen LogP contribution >= 0.6 is 12.4 Å². The molecule has 0 saturated carbocycles. The maximum Gasteiger partial charge on any atom is 0.233 e. The van der Waals surface area contributed by atoms with E-state index < -0.39 is 0 Å². The number of anilines is 2. The molecule has 2 heterocycles. The molecule has 0 atom stereocenters. The monoisotopic (exact) mass is 383 g/mol. The average Bonchev–Trinajstić information content (AvgIpc) is 3.03. The summed E-state index contributed by atoms with van der Waals surface area (Å²) in [6, 6.07) is 15.6. The highest BCUT2D eigenvalue weighted by Crippen LogP contribution is 2.31. The molecule has 1 aliphatic rings. The first-order chi connectivity index (χ1) is 12.6. The van der Waals surface area contributed by atoms with Crippen molar-refractivity contribution in [2.45, 2.75) is 26.2 Å². The zero-order valence-corrected chi connectivity index (χ0v) is 15.9. The van der Waals surface area contributed by atoms with Crippen LogP contribution < -0.4 is 10.6 Å². The molecule has 0 aliphatic carbocycles. The molecule has 0 unspecified atom stereocenters. The molecule has 0 radical (unpaired) electrons. The van der Waals surface area contributed by atoms with E-state index in [1.165, 1.54) is 0 Å². The number of rotatable bonds is 3. The molecule has 1 aliphatic heterocycles. The van der Waals surface area contributed by atoms with Crippen LogP contribution in [0.5, 0.6) is 0 Å². The van der Waals surface area contributed by atoms with E-state index in [-0.39, 0.29) is 24.7 Å². The fraction of sp³-hybridized carbons (Fsp3) is 0.250. The van der Waals surface area contributed by atoms with Crippen LogP contribution in [0.1, 0.15) is 23.4 Å². The molecule has 0 fully saturated rings. The quantitative estimate of drug-likeness (QED) is 0.705. The van der Waals surface area contributed by atoms with Crippen molar-refractivity contribution >= 4 is 29.7 Å². The molecule has 3 aromatic rings. The Morgan fingerprint density at radius 3 is 2.70 bits per heavy atom. The van der Waals surface area contributed by atoms with E-state index in [0.29, 0.717) is 12.2 Å². The molecule has 140 valence electrons. The van der Waals surface area contributed by atoms with Gasteiger partial charge in [0.1, 0.15) is 0 Å². The van der Waals surface area contributed by atoms with Crippen molar-refractivity contribution in [2.24, 2.45) is 0 Å². The van der Waals surface area contributed by atoms with Gasteiger partial charge in [0.25, 0.3) is 0 Å². The minimum absolute atomic E-state index is 0. The fourth-order valence-corrected chi connectivity index (χ4v) is 3.49. The van der Waals surface area contributed by atoms with Crippen LogP contribution in [0.2, 0.25) is 0 Å². The van der Waals surface area contributed by atoms with Gasteiger partial charge in [0.15, 0.2) is 0 Å². The Bertz CT molecular complexity index is 954. The molecule has 0 saturated heterocycles. The number of carbonyl (C=O) groups is 1. The van der Waals surface area contributed by atoms with E-state index >= 15 is 0 Å². The number of para-hydroxylation sites is 1. The van der Waals surface area contributed by atoms with Gasteiger partial charge in [-0.05, 0) is 49.6 Å². The Kier molecular flexibility index (Phi) is 5.46. The summed E-state index contributed by atoms with van der Waals surface area (Å²) < 4.78 is 1.77. The highest BCUT2D eigenvalue weighted by molar-refractivity contribution is 5.96. The van der Waals surface area contributed by atoms with Crippen molar-refractivity contribution in [1.29, 1.82) is 0 Å². The van der Waals surface area contributed by atoms with Gasteiger partial charge in [0.2, 0.25) is 5.91 Å². The Balaban J connectivity index is 0.00000210. The fourth-order valence-electron chi connectivity index (χ4n) is 3.49. The Morgan fingerprint density at radius 1 is 1.15 bits per heavy atom. The zero-order chi connectivity index (χ0) is 18.1. The molecule has 27 heavy (non-hydrogen) atoms. The number of carbonyl (C=O) groups excluding carboxylic acids is 1. The van der Waals surface area contributed by atoms with E-state index in [0.717, 1.165) is 41.2 Å². The second-order valence-electron chi connectivity index (χ2n) is 6.54. The van der Waals surface area contributed by atoms with Gasteiger partial charge in [0, 0.05) is 17.9 Å². The Labute approximate surface area is 164 Å². The van der Waals surface area contributed by atoms with Gasteiger partial charge in [0.05, 0.1) is 23.5 Å². The van der Waals surface area contributed by atoms with Gasteiger partial charge < -0.3 is 10.6 Å². The highest BCUT2D eigenvalue weighted by Gasteiger charge is 2.25. The van der Waals surface area contributed by atoms with Crippen molar-refractivity contribution < 1.29 is 4.79 Å². The molecule has 4 rings (SSSR count). The molecule has 1 amide bonds. The predicted molar refractivity (Wildman–Crippen MR) is 109 cm³/mol. The molecule has 2 N–H and O–H groups in total. The predicted octanol–water partition coefficient (Wildman–Crippen LogP) is 3.10. The SMILES string of the molecule is Cc1c(CC(=O)N2CCCc3c(N)cccc32)nnn1-c1ccccc1.Cl. The largest absolute Gasteiger partial charge is 0.398 e. The summed E-state index contributed by atoms with van der Waals surface area (Å²) >= 11 is 0. The molecular formula is C20H22ClN5O. The van der Waals surface area contributed by atoms with E-state index in [2.05, 4.69) is 10.3 Å². The summed E-state index contributed by atoms with van der Waals surface area (Å²) in [5.74, 6) is 0.0276. The number of nitrogens with zero attached hydrogens (tertiary/aromatic N) is 4. The third kappa shape index (κ3) is 3.53. The summed E-state index contributed by atoms with van der Waals surface area (Å²) in [4.78, 5) is 14.8. The lowest BCUT2D eigenvalue weighted by Crippen LogP contribution is -2.37. The number of halogens is 1. The second kappa shape index (κ2) is 7.80. The third-order valence-corrected chi connectivity index (χ3v) is 4.90. The highest BCUT2D eigenvalue weighted by atomic mass is 35.5. The standard InChI is InChI=1S/C20H21N5O.ClH/c1-14-18(22-23-25(14)15-7-3-2-4-8-15)13-20(26)24-12-6-9-16-17(21)10-5-11-19(16)24;/h2-5,7-8,10-11H,6,9,12-13,21H2,1H3;1H. The lowest BCUT2D eigenvalue weighted by atomic mass is 9.99. The first-order valence-corrected chi connectivity index (χ1v) is 8.79. The summed E-state index contributed by atoms with van der Waals surface area (Å²) in [6.07, 6.45) is 2.06. The van der Waals surface area contributed by atoms with Crippen molar-refractivity contribution in [3.05, 3.63) is 65.5 Å². The molecular weight excluding hydrogens is 362 g/mol. The van der Waals surface area contributed by atoms with Gasteiger partial charge in [-0.3, -0.25) is 4.79 Å². The van der Waals surface area contributed by atoms with Crippen LogP contribution in [-0.2, 0) is 17.6 Å². The minimum atomic E-state index is 0. The Morgan fingerprint density at radius 2 is 1.93 bits per heavy atom. The van der Waals surface area contributed by atoms with Gasteiger partial charge >= 0.3 is 0 Å². The van der Waals surface area contributed by atoms with Crippen molar-refractivity contribution in [1.82, 2.24) is 15.0 Å². The zero-order valence-electron chi connectivity index (χ0n) is 15.1. The first-order valence-electron chi connectivity index (χ1n) is 8.79. The van der Waals surface area contributed by atoms with E-state index in [1.54, 1.807) is 4.68 Å². The number of amides is 1. The van der Waals surface area contributed by atoms with Gasteiger partial charge in [-0.2, -0.15) is 0 Å². The second-order valence-corrected chi connectivity index (χ2v) is 6.54. The van der Waals surface area contributed by atoms with Crippen molar-refractivity contribution in [3.63, 3.8) is 0 Å². The number of nitrogens with two attached hydrogens (primary N) is 1. The maximum absolute atomic E-state index is 12.9. The van der Waals surface area contributed by atoms with Crippen molar-refractivity contribution in [3.8, 4) is 5.69 Å². The van der Waals surface area contributed by atoms with Crippen LogP contribution in [-0.4, -0.2) is 27.4 Å². The van der Waals surface area contributed by atoms with Crippen molar-refractivity contribution in [2.75, 3.05) is 17.2 Å². The minimum Gasteiger partial charge on any atom is -0.398 e. The first kappa shape index (κ1) is 18.9. The van der Waals surface area contributed by atoms with Crippen LogP contribution in [0.25, 0.3) is 5.69 Å². The molecule has 6 nitrogen and oxygen atoms in total. The number of benzene rings is 2. The topological polar surface area (TPSA) is 77.0 Å². The summed E-state index contributed by atoms with van der Waals surface area (Å²) in [5, 5.41) is 8.46. The number of nitrogen functional groups attached to an aromatic ring is 1. The lowest BCUT2D eigenvalue weighted by Gasteiger charge is -2.30. The number of hydrogen-bond donors (Lipinski definition) is 1. The average molecular weight is 384 g/mol. The lowest BCUT2D eigenvalue weighted by molar-refractivity contribution is -0.118. The maximum atomic E-state index is 12.9. The van der Waals surface area contributed by atoms with E-state index in [9.17, 15) is 4.79 Å². The molecule has 2 aromatic carbocycles. The van der Waals surface area contributed by atoms with Crippen LogP contribution in [0.3, 0.4) is 0 Å². The number of fused-ring (bicyclic) bond motifs is 1. The molecule has 0 bridgehead atoms. The summed E-state index contributed by atoms with van der Waals surface area (Å²) in [6.45, 7) is 2.65. The van der Waals surface area contributed by atoms with Crippen LogP contribution in [0.4, 0.5) is 11.4 Å². The van der Waals surface area contributed by atoms with Crippen LogP contribution in [0.15, 0.2) is 48.5 Å². The van der Waals surface area contributed by atoms with Gasteiger partial charge in [-0.1, -0.05) is 29.5 Å². The smallest absolute Gasteiger partial charge is 0.233 e. The van der Waals surface area contributed by atoms with Gasteiger partial charge in [-0.15, -0.1) is 17.5 Å². The van der Waals surface area contributed by atoms with E-state index in [1.807, 2.05) is 60.4 Å². The van der Waals surface area contributed by atoms with Gasteiger partial charge in [-0.25, -0.2) is 4.68 Å². The summed E-state index contributed by atoms with van der Waals surface area (Å²) in [7, 11) is 0. The molecule has 1 aromatic heterocycles. The summed E-state index contributed by atoms with van der Waals surface area (Å²) in [5.41, 5.74) is 11.4. The normalized spacial score (nSPS) is 13.0. The number of hydrogen-bond acceptors (Lipinski definition) is 4. The third-order valence-electron chi connectivity index (χ3n) is 4.90. The Hall–Kier alpha value is -2.86. The molecule has 0 spiro atoms. The number of aromatic nitrogens is 3. The van der Waals surface area contributed by atoms with E-state index in [4.69, 9.17) is 5.73 Å².